The summed E-state index contributed by atoms with van der Waals surface area (Å²) in [7, 11) is 1.73. The second-order valence-corrected chi connectivity index (χ2v) is 4.70. The van der Waals surface area contributed by atoms with Crippen LogP contribution in [-0.2, 0) is 6.42 Å². The van der Waals surface area contributed by atoms with Crippen LogP contribution in [0.25, 0.3) is 0 Å². The highest BCUT2D eigenvalue weighted by atomic mass is 35.5. The molecule has 1 N–H and O–H groups in total. The van der Waals surface area contributed by atoms with Crippen LogP contribution in [0.3, 0.4) is 0 Å². The van der Waals surface area contributed by atoms with Crippen molar-refractivity contribution < 1.29 is 4.74 Å². The standard InChI is InChI=1S/C14H22ClNO/c1-10-9-13(5-7-16-8-6-15)11(2)12(3)14(10)17-4/h9,16H,5-8H2,1-4H3. The number of nitrogens with one attached hydrogen (secondary N) is 1. The summed E-state index contributed by atoms with van der Waals surface area (Å²) in [5.41, 5.74) is 5.19. The summed E-state index contributed by atoms with van der Waals surface area (Å²) in [6, 6.07) is 2.23. The zero-order chi connectivity index (χ0) is 12.8. The minimum Gasteiger partial charge on any atom is -0.496 e. The molecule has 1 rings (SSSR count). The molecule has 1 aromatic carbocycles. The number of benzene rings is 1. The first-order valence-corrected chi connectivity index (χ1v) is 6.55. The van der Waals surface area contributed by atoms with Crippen molar-refractivity contribution in [3.8, 4) is 5.75 Å². The zero-order valence-electron chi connectivity index (χ0n) is 11.2. The van der Waals surface area contributed by atoms with Crippen LogP contribution in [-0.4, -0.2) is 26.1 Å². The van der Waals surface area contributed by atoms with Crippen LogP contribution >= 0.6 is 11.6 Å². The van der Waals surface area contributed by atoms with E-state index < -0.39 is 0 Å². The number of hydrogen-bond donors (Lipinski definition) is 1. The molecule has 17 heavy (non-hydrogen) atoms. The fourth-order valence-corrected chi connectivity index (χ4v) is 2.26. The Hall–Kier alpha value is -0.730. The molecule has 0 radical (unpaired) electrons. The van der Waals surface area contributed by atoms with E-state index >= 15 is 0 Å². The quantitative estimate of drug-likeness (QED) is 0.623. The van der Waals surface area contributed by atoms with Crippen molar-refractivity contribution in [2.75, 3.05) is 26.1 Å². The van der Waals surface area contributed by atoms with Crippen LogP contribution < -0.4 is 10.1 Å². The first-order chi connectivity index (χ1) is 8.11. The summed E-state index contributed by atoms with van der Waals surface area (Å²) < 4.78 is 5.42. The van der Waals surface area contributed by atoms with Gasteiger partial charge in [0, 0.05) is 12.4 Å². The third kappa shape index (κ3) is 3.62. The predicted octanol–water partition coefficient (Wildman–Crippen LogP) is 2.99. The molecule has 0 amide bonds. The van der Waals surface area contributed by atoms with Gasteiger partial charge in [0.15, 0.2) is 0 Å². The molecule has 0 saturated carbocycles. The lowest BCUT2D eigenvalue weighted by molar-refractivity contribution is 0.408. The van der Waals surface area contributed by atoms with Crippen LogP contribution in [0.1, 0.15) is 22.3 Å². The summed E-state index contributed by atoms with van der Waals surface area (Å²) in [6.07, 6.45) is 1.04. The fourth-order valence-electron chi connectivity index (χ4n) is 2.13. The van der Waals surface area contributed by atoms with Crippen molar-refractivity contribution in [2.24, 2.45) is 0 Å². The van der Waals surface area contributed by atoms with Crippen molar-refractivity contribution in [1.82, 2.24) is 5.32 Å². The van der Waals surface area contributed by atoms with Gasteiger partial charge in [-0.2, -0.15) is 0 Å². The van der Waals surface area contributed by atoms with Crippen LogP contribution in [0.2, 0.25) is 0 Å². The highest BCUT2D eigenvalue weighted by molar-refractivity contribution is 6.18. The molecular formula is C14H22ClNO. The lowest BCUT2D eigenvalue weighted by Gasteiger charge is -2.15. The zero-order valence-corrected chi connectivity index (χ0v) is 11.9. The monoisotopic (exact) mass is 255 g/mol. The lowest BCUT2D eigenvalue weighted by atomic mass is 9.96. The number of rotatable bonds is 6. The maximum atomic E-state index is 5.63. The van der Waals surface area contributed by atoms with E-state index in [9.17, 15) is 0 Å². The predicted molar refractivity (Wildman–Crippen MR) is 74.5 cm³/mol. The summed E-state index contributed by atoms with van der Waals surface area (Å²) in [6.45, 7) is 8.22. The van der Waals surface area contributed by atoms with E-state index in [1.165, 1.54) is 22.3 Å². The van der Waals surface area contributed by atoms with Gasteiger partial charge >= 0.3 is 0 Å². The maximum Gasteiger partial charge on any atom is 0.124 e. The highest BCUT2D eigenvalue weighted by Gasteiger charge is 2.09. The number of alkyl halides is 1. The summed E-state index contributed by atoms with van der Waals surface area (Å²) in [5, 5.41) is 3.32. The van der Waals surface area contributed by atoms with E-state index in [0.29, 0.717) is 5.88 Å². The van der Waals surface area contributed by atoms with E-state index in [1.54, 1.807) is 7.11 Å². The van der Waals surface area contributed by atoms with E-state index in [1.807, 2.05) is 0 Å². The van der Waals surface area contributed by atoms with E-state index in [2.05, 4.69) is 32.2 Å². The van der Waals surface area contributed by atoms with E-state index in [0.717, 1.165) is 25.3 Å². The Morgan fingerprint density at radius 1 is 1.18 bits per heavy atom. The van der Waals surface area contributed by atoms with E-state index in [4.69, 9.17) is 16.3 Å². The molecule has 0 aliphatic heterocycles. The Balaban J connectivity index is 2.80. The Bertz CT molecular complexity index is 377. The molecule has 0 unspecified atom stereocenters. The molecular weight excluding hydrogens is 234 g/mol. The van der Waals surface area contributed by atoms with Crippen molar-refractivity contribution in [1.29, 1.82) is 0 Å². The van der Waals surface area contributed by atoms with E-state index in [-0.39, 0.29) is 0 Å². The number of halogens is 1. The van der Waals surface area contributed by atoms with Crippen LogP contribution in [0.5, 0.6) is 5.75 Å². The van der Waals surface area contributed by atoms with Gasteiger partial charge in [-0.05, 0) is 56.0 Å². The minimum absolute atomic E-state index is 0.666. The summed E-state index contributed by atoms with van der Waals surface area (Å²) in [4.78, 5) is 0. The molecule has 0 aromatic heterocycles. The molecule has 96 valence electrons. The van der Waals surface area contributed by atoms with Crippen molar-refractivity contribution in [3.05, 3.63) is 28.3 Å². The largest absolute Gasteiger partial charge is 0.496 e. The van der Waals surface area contributed by atoms with Gasteiger partial charge in [0.05, 0.1) is 7.11 Å². The van der Waals surface area contributed by atoms with Crippen LogP contribution in [0.15, 0.2) is 6.07 Å². The molecule has 0 aliphatic carbocycles. The highest BCUT2D eigenvalue weighted by Crippen LogP contribution is 2.28. The molecule has 0 bridgehead atoms. The van der Waals surface area contributed by atoms with Gasteiger partial charge in [-0.25, -0.2) is 0 Å². The summed E-state index contributed by atoms with van der Waals surface area (Å²) >= 11 is 5.63. The number of ether oxygens (including phenoxy) is 1. The fraction of sp³-hybridized carbons (Fsp3) is 0.571. The Kier molecular flexibility index (Phi) is 5.79. The molecule has 0 atom stereocenters. The van der Waals surface area contributed by atoms with Crippen molar-refractivity contribution in [2.45, 2.75) is 27.2 Å². The normalized spacial score (nSPS) is 10.6. The van der Waals surface area contributed by atoms with Gasteiger partial charge in [-0.3, -0.25) is 0 Å². The second kappa shape index (κ2) is 6.87. The molecule has 3 heteroatoms. The van der Waals surface area contributed by atoms with Gasteiger partial charge < -0.3 is 10.1 Å². The molecule has 0 spiro atoms. The number of methoxy groups -OCH3 is 1. The lowest BCUT2D eigenvalue weighted by Crippen LogP contribution is -2.19. The Morgan fingerprint density at radius 3 is 2.47 bits per heavy atom. The third-order valence-corrected chi connectivity index (χ3v) is 3.37. The molecule has 1 aromatic rings. The second-order valence-electron chi connectivity index (χ2n) is 4.32. The van der Waals surface area contributed by atoms with Gasteiger partial charge in [-0.1, -0.05) is 6.07 Å². The number of aryl methyl sites for hydroxylation is 1. The van der Waals surface area contributed by atoms with Crippen molar-refractivity contribution in [3.63, 3.8) is 0 Å². The topological polar surface area (TPSA) is 21.3 Å². The average Bonchev–Trinajstić information content (AvgIpc) is 2.31. The van der Waals surface area contributed by atoms with Gasteiger partial charge in [0.25, 0.3) is 0 Å². The van der Waals surface area contributed by atoms with Crippen LogP contribution in [0, 0.1) is 20.8 Å². The molecule has 0 aliphatic rings. The van der Waals surface area contributed by atoms with Gasteiger partial charge in [-0.15, -0.1) is 11.6 Å². The summed E-state index contributed by atoms with van der Waals surface area (Å²) in [5.74, 6) is 1.68. The molecule has 0 saturated heterocycles. The third-order valence-electron chi connectivity index (χ3n) is 3.18. The first kappa shape index (κ1) is 14.3. The molecule has 0 fully saturated rings. The van der Waals surface area contributed by atoms with Gasteiger partial charge in [0.1, 0.15) is 5.75 Å². The first-order valence-electron chi connectivity index (χ1n) is 6.02. The number of hydrogen-bond acceptors (Lipinski definition) is 2. The average molecular weight is 256 g/mol. The van der Waals surface area contributed by atoms with Crippen molar-refractivity contribution >= 4 is 11.6 Å². The molecule has 0 heterocycles. The maximum absolute atomic E-state index is 5.63. The SMILES string of the molecule is COc1c(C)cc(CCNCCCl)c(C)c1C. The van der Waals surface area contributed by atoms with Crippen LogP contribution in [0.4, 0.5) is 0 Å². The Morgan fingerprint density at radius 2 is 1.88 bits per heavy atom. The smallest absolute Gasteiger partial charge is 0.124 e. The molecule has 2 nitrogen and oxygen atoms in total. The van der Waals surface area contributed by atoms with Gasteiger partial charge in [0.2, 0.25) is 0 Å². The minimum atomic E-state index is 0.666. The Labute approximate surface area is 109 Å².